The van der Waals surface area contributed by atoms with Crippen LogP contribution in [-0.4, -0.2) is 80.2 Å². The van der Waals surface area contributed by atoms with Crippen molar-refractivity contribution in [3.63, 3.8) is 0 Å². The maximum Gasteiger partial charge on any atom is 0.409 e. The Balaban J connectivity index is 1.38. The fourth-order valence-corrected chi connectivity index (χ4v) is 6.84. The third-order valence-corrected chi connectivity index (χ3v) is 9.64. The molecule has 1 saturated heterocycles. The molecule has 230 valence electrons. The molecular weight excluding hydrogens is 609 g/mol. The van der Waals surface area contributed by atoms with E-state index in [1.807, 2.05) is 6.92 Å². The van der Waals surface area contributed by atoms with Gasteiger partial charge in [-0.2, -0.15) is 14.4 Å². The van der Waals surface area contributed by atoms with Crippen molar-refractivity contribution in [1.82, 2.24) is 14.2 Å². The molecule has 2 heterocycles. The molecule has 0 saturated carbocycles. The third kappa shape index (κ3) is 6.87. The minimum atomic E-state index is -3.87. The maximum absolute atomic E-state index is 13.9. The van der Waals surface area contributed by atoms with Crippen LogP contribution in [-0.2, 0) is 14.8 Å². The van der Waals surface area contributed by atoms with Gasteiger partial charge in [0, 0.05) is 31.7 Å². The van der Waals surface area contributed by atoms with Crippen LogP contribution in [0.3, 0.4) is 0 Å². The number of thiazole rings is 1. The lowest BCUT2D eigenvalue weighted by Crippen LogP contribution is -2.50. The minimum Gasteiger partial charge on any atom is -0.494 e. The SMILES string of the molecule is CCOC(=O)N1CCN(S(=O)(=O)c2ccc(C(=O)N(/N=C/c3ccc(OCC)cc3)c3nc4ccc(F)cc4s3)cc2)CC1. The van der Waals surface area contributed by atoms with Crippen LogP contribution in [0.1, 0.15) is 29.8 Å². The number of halogens is 1. The molecule has 0 radical (unpaired) electrons. The van der Waals surface area contributed by atoms with Crippen molar-refractivity contribution < 1.29 is 31.9 Å². The number of hydrogen-bond acceptors (Lipinski definition) is 9. The zero-order chi connectivity index (χ0) is 31.3. The van der Waals surface area contributed by atoms with E-state index in [1.54, 1.807) is 31.2 Å². The second-order valence-electron chi connectivity index (χ2n) is 9.59. The quantitative estimate of drug-likeness (QED) is 0.187. The van der Waals surface area contributed by atoms with Crippen LogP contribution in [0.25, 0.3) is 10.2 Å². The number of rotatable bonds is 9. The molecule has 0 N–H and O–H groups in total. The third-order valence-electron chi connectivity index (χ3n) is 6.73. The number of nitrogens with zero attached hydrogens (tertiary/aromatic N) is 5. The lowest BCUT2D eigenvalue weighted by atomic mass is 10.2. The fraction of sp³-hybridized carbons (Fsp3) is 0.267. The first-order valence-corrected chi connectivity index (χ1v) is 16.1. The van der Waals surface area contributed by atoms with Gasteiger partial charge in [0.05, 0.1) is 34.5 Å². The highest BCUT2D eigenvalue weighted by Crippen LogP contribution is 2.31. The van der Waals surface area contributed by atoms with Gasteiger partial charge in [-0.15, -0.1) is 0 Å². The van der Waals surface area contributed by atoms with Crippen molar-refractivity contribution in [2.45, 2.75) is 18.7 Å². The van der Waals surface area contributed by atoms with E-state index in [9.17, 15) is 22.4 Å². The van der Waals surface area contributed by atoms with E-state index in [1.165, 1.54) is 57.9 Å². The van der Waals surface area contributed by atoms with Crippen molar-refractivity contribution in [1.29, 1.82) is 0 Å². The molecule has 0 spiro atoms. The first kappa shape index (κ1) is 31.0. The van der Waals surface area contributed by atoms with Gasteiger partial charge in [0.25, 0.3) is 5.91 Å². The number of sulfonamides is 1. The van der Waals surface area contributed by atoms with Crippen LogP contribution in [0, 0.1) is 5.82 Å². The van der Waals surface area contributed by atoms with Crippen molar-refractivity contribution in [3.05, 3.63) is 83.7 Å². The molecule has 0 aliphatic carbocycles. The van der Waals surface area contributed by atoms with Crippen LogP contribution in [0.15, 0.2) is 76.7 Å². The summed E-state index contributed by atoms with van der Waals surface area (Å²) in [6.45, 7) is 5.02. The van der Waals surface area contributed by atoms with E-state index in [0.717, 1.165) is 16.3 Å². The molecule has 0 bridgehead atoms. The molecule has 1 fully saturated rings. The van der Waals surface area contributed by atoms with E-state index in [-0.39, 0.29) is 48.4 Å². The standard InChI is InChI=1S/C30H30FN5O6S2/c1-3-41-24-10-5-21(6-11-24)20-32-36(29-33-26-14-9-23(31)19-27(26)43-29)28(37)22-7-12-25(13-8-22)44(39,40)35-17-15-34(16-18-35)30(38)42-4-2/h5-14,19-20H,3-4,15-18H2,1-2H3/b32-20+. The molecule has 3 aromatic carbocycles. The first-order chi connectivity index (χ1) is 21.2. The molecule has 11 nitrogen and oxygen atoms in total. The number of piperazine rings is 1. The van der Waals surface area contributed by atoms with Gasteiger partial charge in [0.1, 0.15) is 11.6 Å². The number of carbonyl (C=O) groups excluding carboxylic acids is 2. The van der Waals surface area contributed by atoms with E-state index >= 15 is 0 Å². The summed E-state index contributed by atoms with van der Waals surface area (Å²) < 4.78 is 52.8. The molecule has 0 unspecified atom stereocenters. The smallest absolute Gasteiger partial charge is 0.409 e. The second-order valence-corrected chi connectivity index (χ2v) is 12.5. The molecular formula is C30H30FN5O6S2. The van der Waals surface area contributed by atoms with Crippen molar-refractivity contribution >= 4 is 54.9 Å². The molecule has 0 atom stereocenters. The van der Waals surface area contributed by atoms with E-state index in [2.05, 4.69) is 10.1 Å². The zero-order valence-corrected chi connectivity index (χ0v) is 25.7. The molecule has 1 aromatic heterocycles. The average Bonchev–Trinajstić information content (AvgIpc) is 3.45. The Labute approximate surface area is 258 Å². The summed E-state index contributed by atoms with van der Waals surface area (Å²) in [5, 5.41) is 5.74. The molecule has 1 aliphatic rings. The summed E-state index contributed by atoms with van der Waals surface area (Å²) in [6.07, 6.45) is 1.02. The number of benzene rings is 3. The van der Waals surface area contributed by atoms with Crippen molar-refractivity contribution in [3.8, 4) is 5.75 Å². The number of fused-ring (bicyclic) bond motifs is 1. The van der Waals surface area contributed by atoms with Crippen LogP contribution < -0.4 is 9.75 Å². The normalized spacial score (nSPS) is 14.2. The largest absolute Gasteiger partial charge is 0.494 e. The minimum absolute atomic E-state index is 0.0125. The lowest BCUT2D eigenvalue weighted by molar-refractivity contribution is 0.0933. The van der Waals surface area contributed by atoms with Gasteiger partial charge in [-0.3, -0.25) is 4.79 Å². The molecule has 5 rings (SSSR count). The summed E-state index contributed by atoms with van der Waals surface area (Å²) in [6, 6.07) is 16.8. The maximum atomic E-state index is 13.9. The van der Waals surface area contributed by atoms with Gasteiger partial charge in [-0.25, -0.2) is 22.6 Å². The van der Waals surface area contributed by atoms with Gasteiger partial charge in [0.15, 0.2) is 0 Å². The van der Waals surface area contributed by atoms with Crippen LogP contribution in [0.4, 0.5) is 14.3 Å². The Morgan fingerprint density at radius 2 is 1.70 bits per heavy atom. The van der Waals surface area contributed by atoms with Crippen molar-refractivity contribution in [2.75, 3.05) is 44.4 Å². The van der Waals surface area contributed by atoms with Crippen LogP contribution >= 0.6 is 11.3 Å². The Morgan fingerprint density at radius 3 is 2.36 bits per heavy atom. The Kier molecular flexibility index (Phi) is 9.52. The highest BCUT2D eigenvalue weighted by molar-refractivity contribution is 7.89. The lowest BCUT2D eigenvalue weighted by Gasteiger charge is -2.33. The fourth-order valence-electron chi connectivity index (χ4n) is 4.47. The first-order valence-electron chi connectivity index (χ1n) is 13.9. The van der Waals surface area contributed by atoms with Gasteiger partial charge >= 0.3 is 6.09 Å². The summed E-state index contributed by atoms with van der Waals surface area (Å²) >= 11 is 1.10. The molecule has 2 amide bonds. The zero-order valence-electron chi connectivity index (χ0n) is 24.1. The Bertz CT molecular complexity index is 1770. The average molecular weight is 640 g/mol. The number of hydrazone groups is 1. The number of amides is 2. The summed E-state index contributed by atoms with van der Waals surface area (Å²) in [4.78, 5) is 31.7. The Morgan fingerprint density at radius 1 is 1.00 bits per heavy atom. The van der Waals surface area contributed by atoms with Gasteiger partial charge < -0.3 is 14.4 Å². The number of hydrogen-bond donors (Lipinski definition) is 0. The molecule has 1 aliphatic heterocycles. The molecule has 4 aromatic rings. The Hall–Kier alpha value is -4.40. The van der Waals surface area contributed by atoms with Gasteiger partial charge in [-0.05, 0) is 86.1 Å². The van der Waals surface area contributed by atoms with Crippen LogP contribution in [0.5, 0.6) is 5.75 Å². The summed E-state index contributed by atoms with van der Waals surface area (Å²) in [7, 11) is -3.87. The molecule has 14 heteroatoms. The number of ether oxygens (including phenoxy) is 2. The summed E-state index contributed by atoms with van der Waals surface area (Å²) in [5.41, 5.74) is 1.37. The van der Waals surface area contributed by atoms with Gasteiger partial charge in [-0.1, -0.05) is 11.3 Å². The number of carbonyl (C=O) groups is 2. The van der Waals surface area contributed by atoms with Gasteiger partial charge in [0.2, 0.25) is 15.2 Å². The number of anilines is 1. The van der Waals surface area contributed by atoms with E-state index in [4.69, 9.17) is 9.47 Å². The van der Waals surface area contributed by atoms with E-state index in [0.29, 0.717) is 28.1 Å². The monoisotopic (exact) mass is 639 g/mol. The molecule has 44 heavy (non-hydrogen) atoms. The summed E-state index contributed by atoms with van der Waals surface area (Å²) in [5.74, 6) is -0.289. The van der Waals surface area contributed by atoms with Crippen molar-refractivity contribution in [2.24, 2.45) is 5.10 Å². The number of aromatic nitrogens is 1. The predicted octanol–water partition coefficient (Wildman–Crippen LogP) is 4.98. The second kappa shape index (κ2) is 13.5. The predicted molar refractivity (Wildman–Crippen MR) is 165 cm³/mol. The van der Waals surface area contributed by atoms with Crippen LogP contribution in [0.2, 0.25) is 0 Å². The topological polar surface area (TPSA) is 122 Å². The highest BCUT2D eigenvalue weighted by atomic mass is 32.2. The van der Waals surface area contributed by atoms with E-state index < -0.39 is 27.8 Å². The highest BCUT2D eigenvalue weighted by Gasteiger charge is 2.31.